The molecule has 0 aliphatic rings. The third-order valence-corrected chi connectivity index (χ3v) is 2.63. The maximum Gasteiger partial charge on any atom is 0.161 e. The van der Waals surface area contributed by atoms with Gasteiger partial charge in [0.15, 0.2) is 5.78 Å². The fourth-order valence-corrected chi connectivity index (χ4v) is 1.51. The molecule has 0 fully saturated rings. The van der Waals surface area contributed by atoms with Crippen LogP contribution in [0.5, 0.6) is 0 Å². The Bertz CT molecular complexity index is 404. The lowest BCUT2D eigenvalue weighted by molar-refractivity contribution is -0.121. The third kappa shape index (κ3) is 4.00. The summed E-state index contributed by atoms with van der Waals surface area (Å²) in [6.45, 7) is 3.62. The van der Waals surface area contributed by atoms with E-state index < -0.39 is 12.0 Å². The summed E-state index contributed by atoms with van der Waals surface area (Å²) in [5.74, 6) is -0.502. The van der Waals surface area contributed by atoms with Crippen LogP contribution in [0.3, 0.4) is 0 Å². The molecule has 0 aromatic heterocycles. The van der Waals surface area contributed by atoms with Crippen LogP contribution in [0.2, 0.25) is 0 Å². The average Bonchev–Trinajstić information content (AvgIpc) is 2.38. The molecule has 1 rings (SSSR count). The van der Waals surface area contributed by atoms with Gasteiger partial charge in [0.1, 0.15) is 0 Å². The minimum absolute atomic E-state index is 0.0700. The number of carbonyl (C=O) groups excluding carboxylic acids is 1. The molecule has 0 amide bonds. The van der Waals surface area contributed by atoms with Crippen molar-refractivity contribution in [1.82, 2.24) is 0 Å². The molecule has 0 spiro atoms. The zero-order valence-corrected chi connectivity index (χ0v) is 10.2. The Labute approximate surface area is 102 Å². The third-order valence-electron chi connectivity index (χ3n) is 2.63. The molecule has 90 valence electrons. The number of rotatable bonds is 5. The molecule has 17 heavy (non-hydrogen) atoms. The summed E-state index contributed by atoms with van der Waals surface area (Å²) in [6, 6.07) is 9.24. The molecule has 0 saturated carbocycles. The SMILES string of the molecule is C/C=C/C=C/C(=O)[C@H](C)[C@@H](O)c1ccccc1. The quantitative estimate of drug-likeness (QED) is 0.623. The van der Waals surface area contributed by atoms with Gasteiger partial charge in [0.05, 0.1) is 6.10 Å². The lowest BCUT2D eigenvalue weighted by Crippen LogP contribution is -2.17. The molecule has 0 radical (unpaired) electrons. The number of benzene rings is 1. The Hall–Kier alpha value is -1.67. The van der Waals surface area contributed by atoms with Crippen LogP contribution in [0.4, 0.5) is 0 Å². The highest BCUT2D eigenvalue weighted by atomic mass is 16.3. The maximum absolute atomic E-state index is 11.8. The molecule has 1 aromatic rings. The maximum atomic E-state index is 11.8. The topological polar surface area (TPSA) is 37.3 Å². The second-order valence-electron chi connectivity index (χ2n) is 3.93. The Morgan fingerprint density at radius 3 is 2.47 bits per heavy atom. The highest BCUT2D eigenvalue weighted by Gasteiger charge is 2.21. The van der Waals surface area contributed by atoms with Crippen LogP contribution in [-0.2, 0) is 4.79 Å². The molecule has 0 heterocycles. The second kappa shape index (κ2) is 6.81. The van der Waals surface area contributed by atoms with Crippen molar-refractivity contribution < 1.29 is 9.90 Å². The normalized spacial score (nSPS) is 15.2. The van der Waals surface area contributed by atoms with Crippen LogP contribution in [-0.4, -0.2) is 10.9 Å². The van der Waals surface area contributed by atoms with Gasteiger partial charge in [-0.05, 0) is 18.6 Å². The summed E-state index contributed by atoms with van der Waals surface area (Å²) in [5.41, 5.74) is 0.771. The summed E-state index contributed by atoms with van der Waals surface area (Å²) >= 11 is 0. The molecule has 2 heteroatoms. The summed E-state index contributed by atoms with van der Waals surface area (Å²) < 4.78 is 0. The van der Waals surface area contributed by atoms with E-state index in [4.69, 9.17) is 0 Å². The van der Waals surface area contributed by atoms with Gasteiger partial charge in [-0.15, -0.1) is 0 Å². The van der Waals surface area contributed by atoms with Crippen LogP contribution in [0.25, 0.3) is 0 Å². The van der Waals surface area contributed by atoms with Gasteiger partial charge in [0, 0.05) is 5.92 Å². The van der Waals surface area contributed by atoms with Crippen molar-refractivity contribution in [2.75, 3.05) is 0 Å². The van der Waals surface area contributed by atoms with Crippen molar-refractivity contribution in [3.63, 3.8) is 0 Å². The number of aliphatic hydroxyl groups excluding tert-OH is 1. The van der Waals surface area contributed by atoms with E-state index in [-0.39, 0.29) is 5.78 Å². The highest BCUT2D eigenvalue weighted by Crippen LogP contribution is 2.22. The fraction of sp³-hybridized carbons (Fsp3) is 0.267. The van der Waals surface area contributed by atoms with Gasteiger partial charge in [-0.2, -0.15) is 0 Å². The summed E-state index contributed by atoms with van der Waals surface area (Å²) in [5, 5.41) is 10.0. The second-order valence-corrected chi connectivity index (χ2v) is 3.93. The van der Waals surface area contributed by atoms with E-state index in [1.165, 1.54) is 6.08 Å². The number of carbonyl (C=O) groups is 1. The zero-order chi connectivity index (χ0) is 12.7. The van der Waals surface area contributed by atoms with Gasteiger partial charge in [-0.1, -0.05) is 55.5 Å². The average molecular weight is 230 g/mol. The highest BCUT2D eigenvalue weighted by molar-refractivity contribution is 5.92. The molecule has 2 atom stereocenters. The standard InChI is InChI=1S/C15H18O2/c1-3-4-6-11-14(16)12(2)15(17)13-9-7-5-8-10-13/h3-12,15,17H,1-2H3/b4-3+,11-6+/t12-,15+/m0/s1. The summed E-state index contributed by atoms with van der Waals surface area (Å²) in [4.78, 5) is 11.8. The zero-order valence-electron chi connectivity index (χ0n) is 10.2. The molecule has 2 nitrogen and oxygen atoms in total. The van der Waals surface area contributed by atoms with Gasteiger partial charge in [-0.3, -0.25) is 4.79 Å². The Kier molecular flexibility index (Phi) is 5.37. The van der Waals surface area contributed by atoms with Gasteiger partial charge in [-0.25, -0.2) is 0 Å². The first-order valence-corrected chi connectivity index (χ1v) is 5.73. The molecular formula is C15H18O2. The van der Waals surface area contributed by atoms with E-state index >= 15 is 0 Å². The van der Waals surface area contributed by atoms with Gasteiger partial charge < -0.3 is 5.11 Å². The number of aliphatic hydroxyl groups is 1. The molecule has 1 aromatic carbocycles. The number of hydrogen-bond donors (Lipinski definition) is 1. The van der Waals surface area contributed by atoms with E-state index in [1.807, 2.05) is 43.3 Å². The summed E-state index contributed by atoms with van der Waals surface area (Å²) in [7, 11) is 0. The number of allylic oxidation sites excluding steroid dienone is 4. The molecule has 0 aliphatic heterocycles. The van der Waals surface area contributed by atoms with Crippen LogP contribution >= 0.6 is 0 Å². The first-order valence-electron chi connectivity index (χ1n) is 5.73. The minimum Gasteiger partial charge on any atom is -0.388 e. The Balaban J connectivity index is 2.70. The predicted molar refractivity (Wildman–Crippen MR) is 69.5 cm³/mol. The van der Waals surface area contributed by atoms with Gasteiger partial charge in [0.25, 0.3) is 0 Å². The monoisotopic (exact) mass is 230 g/mol. The molecule has 1 N–H and O–H groups in total. The van der Waals surface area contributed by atoms with Crippen molar-refractivity contribution in [3.05, 3.63) is 60.2 Å². The number of ketones is 1. The Morgan fingerprint density at radius 2 is 1.88 bits per heavy atom. The Morgan fingerprint density at radius 1 is 1.24 bits per heavy atom. The lowest BCUT2D eigenvalue weighted by Gasteiger charge is -2.16. The van der Waals surface area contributed by atoms with Crippen LogP contribution < -0.4 is 0 Å². The van der Waals surface area contributed by atoms with E-state index in [0.29, 0.717) is 0 Å². The van der Waals surface area contributed by atoms with E-state index in [2.05, 4.69) is 0 Å². The van der Waals surface area contributed by atoms with Crippen molar-refractivity contribution in [2.45, 2.75) is 20.0 Å². The molecule has 0 unspecified atom stereocenters. The molecule has 0 saturated heterocycles. The number of hydrogen-bond acceptors (Lipinski definition) is 2. The first kappa shape index (κ1) is 13.4. The van der Waals surface area contributed by atoms with Crippen LogP contribution in [0.15, 0.2) is 54.6 Å². The largest absolute Gasteiger partial charge is 0.388 e. The van der Waals surface area contributed by atoms with Crippen molar-refractivity contribution in [3.8, 4) is 0 Å². The van der Waals surface area contributed by atoms with E-state index in [1.54, 1.807) is 19.1 Å². The smallest absolute Gasteiger partial charge is 0.161 e. The lowest BCUT2D eigenvalue weighted by atomic mass is 9.93. The van der Waals surface area contributed by atoms with E-state index in [0.717, 1.165) is 5.56 Å². The summed E-state index contributed by atoms with van der Waals surface area (Å²) in [6.07, 6.45) is 6.08. The minimum atomic E-state index is -0.751. The van der Waals surface area contributed by atoms with Crippen molar-refractivity contribution >= 4 is 5.78 Å². The van der Waals surface area contributed by atoms with Gasteiger partial charge >= 0.3 is 0 Å². The van der Waals surface area contributed by atoms with Crippen LogP contribution in [0.1, 0.15) is 25.5 Å². The van der Waals surface area contributed by atoms with Crippen LogP contribution in [0, 0.1) is 5.92 Å². The van der Waals surface area contributed by atoms with Crippen molar-refractivity contribution in [1.29, 1.82) is 0 Å². The van der Waals surface area contributed by atoms with Crippen molar-refractivity contribution in [2.24, 2.45) is 5.92 Å². The van der Waals surface area contributed by atoms with Gasteiger partial charge in [0.2, 0.25) is 0 Å². The van der Waals surface area contributed by atoms with E-state index in [9.17, 15) is 9.90 Å². The fourth-order valence-electron chi connectivity index (χ4n) is 1.51. The molecule has 0 bridgehead atoms. The molecule has 0 aliphatic carbocycles. The molecular weight excluding hydrogens is 212 g/mol. The predicted octanol–water partition coefficient (Wildman–Crippen LogP) is 3.06. The first-order chi connectivity index (χ1) is 8.16.